The molecule has 0 bridgehead atoms. The highest BCUT2D eigenvalue weighted by molar-refractivity contribution is 6.30. The molecule has 1 N–H and O–H groups in total. The second-order valence-electron chi connectivity index (χ2n) is 3.38. The molecule has 0 aromatic heterocycles. The fourth-order valence-corrected chi connectivity index (χ4v) is 1.50. The van der Waals surface area contributed by atoms with Crippen molar-refractivity contribution in [1.82, 2.24) is 5.32 Å². The maximum absolute atomic E-state index is 12.0. The lowest BCUT2D eigenvalue weighted by Gasteiger charge is -2.12. The van der Waals surface area contributed by atoms with Crippen LogP contribution in [0.4, 0.5) is 13.2 Å². The standard InChI is InChI=1S/C11H11ClF3NO2/c1-2-16-10(17)9(12)7-4-3-5-8(6-7)18-11(13,14)15/h3-6,9H,2H2,1H3,(H,16,17). The molecule has 0 heterocycles. The van der Waals surface area contributed by atoms with Crippen molar-refractivity contribution in [3.05, 3.63) is 29.8 Å². The molecule has 7 heteroatoms. The first-order valence-electron chi connectivity index (χ1n) is 5.11. The molecule has 0 saturated carbocycles. The first-order valence-corrected chi connectivity index (χ1v) is 5.54. The van der Waals surface area contributed by atoms with Crippen molar-refractivity contribution < 1.29 is 22.7 Å². The number of halogens is 4. The third kappa shape index (κ3) is 4.44. The van der Waals surface area contributed by atoms with E-state index in [0.29, 0.717) is 6.54 Å². The third-order valence-corrected chi connectivity index (χ3v) is 2.42. The number of ether oxygens (including phenoxy) is 1. The maximum atomic E-state index is 12.0. The van der Waals surface area contributed by atoms with Gasteiger partial charge in [0.25, 0.3) is 0 Å². The monoisotopic (exact) mass is 281 g/mol. The number of amides is 1. The molecular formula is C11H11ClF3NO2. The van der Waals surface area contributed by atoms with Crippen LogP contribution in [0.25, 0.3) is 0 Å². The van der Waals surface area contributed by atoms with E-state index in [9.17, 15) is 18.0 Å². The van der Waals surface area contributed by atoms with E-state index >= 15 is 0 Å². The van der Waals surface area contributed by atoms with Crippen molar-refractivity contribution in [3.63, 3.8) is 0 Å². The van der Waals surface area contributed by atoms with Crippen molar-refractivity contribution in [2.75, 3.05) is 6.54 Å². The molecule has 0 saturated heterocycles. The van der Waals surface area contributed by atoms with Crippen molar-refractivity contribution >= 4 is 17.5 Å². The molecule has 3 nitrogen and oxygen atoms in total. The van der Waals surface area contributed by atoms with Crippen LogP contribution in [-0.2, 0) is 4.79 Å². The molecular weight excluding hydrogens is 271 g/mol. The van der Waals surface area contributed by atoms with Gasteiger partial charge >= 0.3 is 6.36 Å². The van der Waals surface area contributed by atoms with Crippen molar-refractivity contribution in [1.29, 1.82) is 0 Å². The lowest BCUT2D eigenvalue weighted by atomic mass is 10.1. The number of nitrogens with one attached hydrogen (secondary N) is 1. The van der Waals surface area contributed by atoms with E-state index in [1.807, 2.05) is 0 Å². The number of rotatable bonds is 4. The Balaban J connectivity index is 2.84. The summed E-state index contributed by atoms with van der Waals surface area (Å²) in [4.78, 5) is 11.4. The zero-order chi connectivity index (χ0) is 13.8. The van der Waals surface area contributed by atoms with Crippen LogP contribution in [0.3, 0.4) is 0 Å². The Morgan fingerprint density at radius 3 is 2.72 bits per heavy atom. The molecule has 0 aliphatic rings. The van der Waals surface area contributed by atoms with Gasteiger partial charge in [0.05, 0.1) is 0 Å². The predicted octanol–water partition coefficient (Wildman–Crippen LogP) is 3.00. The van der Waals surface area contributed by atoms with Crippen LogP contribution in [0.15, 0.2) is 24.3 Å². The van der Waals surface area contributed by atoms with Crippen molar-refractivity contribution in [3.8, 4) is 5.75 Å². The summed E-state index contributed by atoms with van der Waals surface area (Å²) in [5.41, 5.74) is 0.240. The average molecular weight is 282 g/mol. The van der Waals surface area contributed by atoms with E-state index < -0.39 is 23.4 Å². The summed E-state index contributed by atoms with van der Waals surface area (Å²) in [5, 5.41) is 1.42. The highest BCUT2D eigenvalue weighted by Crippen LogP contribution is 2.28. The van der Waals surface area contributed by atoms with E-state index in [-0.39, 0.29) is 5.56 Å². The number of carbonyl (C=O) groups excluding carboxylic acids is 1. The van der Waals surface area contributed by atoms with Gasteiger partial charge in [-0.1, -0.05) is 12.1 Å². The Morgan fingerprint density at radius 1 is 1.50 bits per heavy atom. The highest BCUT2D eigenvalue weighted by atomic mass is 35.5. The quantitative estimate of drug-likeness (QED) is 0.862. The maximum Gasteiger partial charge on any atom is 0.573 e. The van der Waals surface area contributed by atoms with Gasteiger partial charge in [-0.2, -0.15) is 0 Å². The minimum absolute atomic E-state index is 0.240. The number of benzene rings is 1. The topological polar surface area (TPSA) is 38.3 Å². The zero-order valence-electron chi connectivity index (χ0n) is 9.42. The van der Waals surface area contributed by atoms with Crippen molar-refractivity contribution in [2.24, 2.45) is 0 Å². The van der Waals surface area contributed by atoms with Crippen molar-refractivity contribution in [2.45, 2.75) is 18.7 Å². The van der Waals surface area contributed by atoms with E-state index in [0.717, 1.165) is 12.1 Å². The smallest absolute Gasteiger partial charge is 0.406 e. The second kappa shape index (κ2) is 5.95. The van der Waals surface area contributed by atoms with Crippen LogP contribution in [0.1, 0.15) is 17.9 Å². The Bertz CT molecular complexity index is 423. The van der Waals surface area contributed by atoms with Crippen LogP contribution >= 0.6 is 11.6 Å². The second-order valence-corrected chi connectivity index (χ2v) is 3.81. The van der Waals surface area contributed by atoms with E-state index in [1.165, 1.54) is 12.1 Å². The Morgan fingerprint density at radius 2 is 2.17 bits per heavy atom. The van der Waals surface area contributed by atoms with Gasteiger partial charge in [0, 0.05) is 6.54 Å². The first-order chi connectivity index (χ1) is 8.33. The molecule has 0 aliphatic heterocycles. The Labute approximate surface area is 107 Å². The largest absolute Gasteiger partial charge is 0.573 e. The van der Waals surface area contributed by atoms with Gasteiger partial charge in [-0.3, -0.25) is 4.79 Å². The Kier molecular flexibility index (Phi) is 4.84. The minimum atomic E-state index is -4.77. The summed E-state index contributed by atoms with van der Waals surface area (Å²) in [5.74, 6) is -0.877. The zero-order valence-corrected chi connectivity index (χ0v) is 10.2. The molecule has 1 rings (SSSR count). The van der Waals surface area contributed by atoms with Crippen LogP contribution in [0.2, 0.25) is 0 Å². The molecule has 1 aromatic carbocycles. The summed E-state index contributed by atoms with van der Waals surface area (Å²) in [6.07, 6.45) is -4.77. The number of carbonyl (C=O) groups is 1. The van der Waals surface area contributed by atoms with Gasteiger partial charge in [-0.15, -0.1) is 24.8 Å². The Hall–Kier alpha value is -1.43. The summed E-state index contributed by atoms with van der Waals surface area (Å²) in [6.45, 7) is 2.10. The SMILES string of the molecule is CCNC(=O)C(Cl)c1cccc(OC(F)(F)F)c1. The fraction of sp³-hybridized carbons (Fsp3) is 0.364. The molecule has 0 aliphatic carbocycles. The van der Waals surface area contributed by atoms with Gasteiger partial charge in [0.2, 0.25) is 5.91 Å². The van der Waals surface area contributed by atoms with Gasteiger partial charge in [-0.25, -0.2) is 0 Å². The molecule has 1 atom stereocenters. The fourth-order valence-electron chi connectivity index (χ4n) is 1.28. The average Bonchev–Trinajstić information content (AvgIpc) is 2.26. The van der Waals surface area contributed by atoms with E-state index in [2.05, 4.69) is 10.1 Å². The number of hydrogen-bond donors (Lipinski definition) is 1. The number of alkyl halides is 4. The molecule has 1 amide bonds. The lowest BCUT2D eigenvalue weighted by molar-refractivity contribution is -0.274. The summed E-state index contributed by atoms with van der Waals surface area (Å²) >= 11 is 5.83. The molecule has 0 fully saturated rings. The molecule has 0 radical (unpaired) electrons. The van der Waals surface area contributed by atoms with Gasteiger partial charge < -0.3 is 10.1 Å². The minimum Gasteiger partial charge on any atom is -0.406 e. The molecule has 1 aromatic rings. The first kappa shape index (κ1) is 14.6. The number of likely N-dealkylation sites (N-methyl/N-ethyl adjacent to an activating group) is 1. The summed E-state index contributed by atoms with van der Waals surface area (Å²) < 4.78 is 39.8. The molecule has 18 heavy (non-hydrogen) atoms. The van der Waals surface area contributed by atoms with Crippen LogP contribution in [-0.4, -0.2) is 18.8 Å². The third-order valence-electron chi connectivity index (χ3n) is 1.97. The summed E-state index contributed by atoms with van der Waals surface area (Å²) in [6, 6.07) is 5.01. The van der Waals surface area contributed by atoms with Gasteiger partial charge in [0.15, 0.2) is 0 Å². The van der Waals surface area contributed by atoms with Crippen LogP contribution in [0, 0.1) is 0 Å². The predicted molar refractivity (Wildman–Crippen MR) is 60.4 cm³/mol. The van der Waals surface area contributed by atoms with Crippen LogP contribution < -0.4 is 10.1 Å². The van der Waals surface area contributed by atoms with E-state index in [1.54, 1.807) is 6.92 Å². The number of hydrogen-bond acceptors (Lipinski definition) is 2. The molecule has 1 unspecified atom stereocenters. The molecule has 0 spiro atoms. The molecule has 100 valence electrons. The highest BCUT2D eigenvalue weighted by Gasteiger charge is 2.31. The van der Waals surface area contributed by atoms with E-state index in [4.69, 9.17) is 11.6 Å². The summed E-state index contributed by atoms with van der Waals surface area (Å²) in [7, 11) is 0. The normalized spacial score (nSPS) is 12.9. The van der Waals surface area contributed by atoms with Crippen LogP contribution in [0.5, 0.6) is 5.75 Å². The lowest BCUT2D eigenvalue weighted by Crippen LogP contribution is -2.26. The van der Waals surface area contributed by atoms with Gasteiger partial charge in [0.1, 0.15) is 11.1 Å². The van der Waals surface area contributed by atoms with Gasteiger partial charge in [-0.05, 0) is 24.6 Å².